The lowest BCUT2D eigenvalue weighted by Crippen LogP contribution is -2.52. The molecule has 10 nitrogen and oxygen atoms in total. The Balaban J connectivity index is 1.30. The molecule has 0 aliphatic carbocycles. The summed E-state index contributed by atoms with van der Waals surface area (Å²) in [5, 5.41) is 6.95. The molecule has 0 bridgehead atoms. The fourth-order valence-electron chi connectivity index (χ4n) is 5.92. The monoisotopic (exact) mass is 501 g/mol. The Hall–Kier alpha value is -4.25. The van der Waals surface area contributed by atoms with Crippen LogP contribution in [0.2, 0.25) is 0 Å². The molecule has 2 aromatic carbocycles. The van der Waals surface area contributed by atoms with Crippen molar-refractivity contribution in [3.8, 4) is 11.4 Å². The highest BCUT2D eigenvalue weighted by molar-refractivity contribution is 6.09. The van der Waals surface area contributed by atoms with Gasteiger partial charge in [-0.25, -0.2) is 9.37 Å². The Morgan fingerprint density at radius 3 is 2.70 bits per heavy atom. The molecule has 3 aliphatic rings. The molecule has 0 radical (unpaired) electrons. The van der Waals surface area contributed by atoms with Gasteiger partial charge in [-0.15, -0.1) is 0 Å². The maximum Gasteiger partial charge on any atom is 0.284 e. The van der Waals surface area contributed by atoms with Gasteiger partial charge in [0.15, 0.2) is 5.82 Å². The van der Waals surface area contributed by atoms with E-state index in [0.29, 0.717) is 23.8 Å². The summed E-state index contributed by atoms with van der Waals surface area (Å²) in [6.07, 6.45) is 1.30. The standard InChI is InChI=1S/C26H24FN7O3/c1-13-29-21-17(31(13)2)8-7-16(23(21)32-11-19-24-18(32)12-33(19)24)30-25(35)14-9-10-28-34(26(14)36)22-15(27)5-4-6-20(22)37-3/h4-10,18-19,24H,11-12H2,1-3H3,(H,30,35)/t18-,19-,24?,33?/m1/s1. The predicted octanol–water partition coefficient (Wildman–Crippen LogP) is 2.08. The summed E-state index contributed by atoms with van der Waals surface area (Å²) in [5.74, 6) is -0.293. The van der Waals surface area contributed by atoms with Crippen molar-refractivity contribution in [2.24, 2.45) is 7.05 Å². The highest BCUT2D eigenvalue weighted by Crippen LogP contribution is 2.53. The van der Waals surface area contributed by atoms with Crippen LogP contribution in [0.3, 0.4) is 0 Å². The van der Waals surface area contributed by atoms with E-state index >= 15 is 0 Å². The van der Waals surface area contributed by atoms with Crippen LogP contribution in [-0.2, 0) is 7.05 Å². The van der Waals surface area contributed by atoms with Gasteiger partial charge in [-0.05, 0) is 37.3 Å². The van der Waals surface area contributed by atoms with E-state index in [2.05, 4.69) is 20.2 Å². The van der Waals surface area contributed by atoms with Crippen LogP contribution < -0.4 is 20.5 Å². The largest absolute Gasteiger partial charge is 0.494 e. The summed E-state index contributed by atoms with van der Waals surface area (Å²) in [4.78, 5) is 36.4. The summed E-state index contributed by atoms with van der Waals surface area (Å²) < 4.78 is 22.8. The van der Waals surface area contributed by atoms with Crippen LogP contribution in [0.5, 0.6) is 5.75 Å². The number of piperazine rings is 2. The lowest BCUT2D eigenvalue weighted by atomic mass is 10.1. The molecule has 7 rings (SSSR count). The Morgan fingerprint density at radius 1 is 1.14 bits per heavy atom. The van der Waals surface area contributed by atoms with Crippen molar-refractivity contribution in [2.75, 3.05) is 30.4 Å². The normalized spacial score (nSPS) is 23.1. The number of imidazole rings is 1. The van der Waals surface area contributed by atoms with Gasteiger partial charge in [0.1, 0.15) is 28.3 Å². The number of methoxy groups -OCH3 is 1. The minimum absolute atomic E-state index is 0.132. The zero-order chi connectivity index (χ0) is 25.6. The Morgan fingerprint density at radius 2 is 1.97 bits per heavy atom. The Bertz CT molecular complexity index is 1670. The van der Waals surface area contributed by atoms with Crippen LogP contribution >= 0.6 is 0 Å². The van der Waals surface area contributed by atoms with Crippen molar-refractivity contribution in [1.82, 2.24) is 24.2 Å². The van der Waals surface area contributed by atoms with Crippen molar-refractivity contribution in [3.05, 3.63) is 70.2 Å². The van der Waals surface area contributed by atoms with Gasteiger partial charge in [0.05, 0.1) is 30.0 Å². The number of anilines is 2. The molecular weight excluding hydrogens is 477 g/mol. The first-order chi connectivity index (χ1) is 17.9. The molecular formula is C26H24FN7O3. The second-order valence-electron chi connectivity index (χ2n) is 9.73. The van der Waals surface area contributed by atoms with E-state index in [9.17, 15) is 14.0 Å². The molecule has 4 atom stereocenters. The maximum absolute atomic E-state index is 14.7. The molecule has 3 aliphatic heterocycles. The van der Waals surface area contributed by atoms with Gasteiger partial charge >= 0.3 is 0 Å². The van der Waals surface area contributed by atoms with Crippen molar-refractivity contribution < 1.29 is 13.9 Å². The van der Waals surface area contributed by atoms with Crippen LogP contribution in [0, 0.1) is 12.7 Å². The van der Waals surface area contributed by atoms with E-state index in [0.717, 1.165) is 40.3 Å². The van der Waals surface area contributed by atoms with Crippen LogP contribution in [0.1, 0.15) is 16.2 Å². The number of nitrogens with one attached hydrogen (secondary N) is 1. The summed E-state index contributed by atoms with van der Waals surface area (Å²) in [5.41, 5.74) is 2.18. The second-order valence-corrected chi connectivity index (χ2v) is 9.73. The molecule has 188 valence electrons. The first kappa shape index (κ1) is 22.0. The number of carbonyl (C=O) groups is 1. The van der Waals surface area contributed by atoms with E-state index < -0.39 is 17.3 Å². The van der Waals surface area contributed by atoms with Crippen LogP contribution in [0.15, 0.2) is 47.4 Å². The molecule has 2 aromatic heterocycles. The first-order valence-corrected chi connectivity index (χ1v) is 12.1. The molecule has 11 heteroatoms. The first-order valence-electron chi connectivity index (χ1n) is 12.1. The number of hydrogen-bond acceptors (Lipinski definition) is 7. The van der Waals surface area contributed by atoms with Gasteiger partial charge in [0.2, 0.25) is 0 Å². The third kappa shape index (κ3) is 3.00. The van der Waals surface area contributed by atoms with E-state index in [-0.39, 0.29) is 17.0 Å². The number of aryl methyl sites for hydroxylation is 2. The fourth-order valence-corrected chi connectivity index (χ4v) is 5.92. The third-order valence-electron chi connectivity index (χ3n) is 7.95. The van der Waals surface area contributed by atoms with E-state index in [1.165, 1.54) is 37.6 Å². The van der Waals surface area contributed by atoms with Gasteiger partial charge in [0, 0.05) is 38.4 Å². The number of hydrogen-bond donors (Lipinski definition) is 1. The van der Waals surface area contributed by atoms with Crippen LogP contribution in [0.25, 0.3) is 16.7 Å². The van der Waals surface area contributed by atoms with Gasteiger partial charge < -0.3 is 19.5 Å². The topological polar surface area (TPSA) is 97.3 Å². The van der Waals surface area contributed by atoms with Gasteiger partial charge in [-0.3, -0.25) is 14.5 Å². The number of halogens is 1. The fraction of sp³-hybridized carbons (Fsp3) is 0.308. The summed E-state index contributed by atoms with van der Waals surface area (Å²) in [6.45, 7) is 3.83. The summed E-state index contributed by atoms with van der Waals surface area (Å²) >= 11 is 0. The molecule has 0 saturated carbocycles. The quantitative estimate of drug-likeness (QED) is 0.418. The van der Waals surface area contributed by atoms with Crippen molar-refractivity contribution in [3.63, 3.8) is 0 Å². The number of amides is 1. The molecule has 1 N–H and O–H groups in total. The number of fused-ring (bicyclic) bond motifs is 2. The molecule has 0 spiro atoms. The van der Waals surface area contributed by atoms with E-state index in [1.54, 1.807) is 0 Å². The number of benzene rings is 2. The number of aromatic nitrogens is 4. The van der Waals surface area contributed by atoms with Crippen molar-refractivity contribution in [1.29, 1.82) is 0 Å². The van der Waals surface area contributed by atoms with Gasteiger partial charge in [-0.1, -0.05) is 6.07 Å². The highest BCUT2D eigenvalue weighted by Gasteiger charge is 2.68. The van der Waals surface area contributed by atoms with E-state index in [1.807, 2.05) is 30.7 Å². The molecule has 3 saturated heterocycles. The number of rotatable bonds is 5. The predicted molar refractivity (Wildman–Crippen MR) is 135 cm³/mol. The zero-order valence-corrected chi connectivity index (χ0v) is 20.5. The minimum Gasteiger partial charge on any atom is -0.494 e. The zero-order valence-electron chi connectivity index (χ0n) is 20.5. The van der Waals surface area contributed by atoms with Gasteiger partial charge in [-0.2, -0.15) is 9.78 Å². The number of ether oxygens (including phenoxy) is 1. The molecule has 1 amide bonds. The number of carbonyl (C=O) groups excluding carboxylic acids is 1. The van der Waals surface area contributed by atoms with Crippen LogP contribution in [-0.4, -0.2) is 68.5 Å². The van der Waals surface area contributed by atoms with Crippen LogP contribution in [0.4, 0.5) is 15.8 Å². The summed E-state index contributed by atoms with van der Waals surface area (Å²) in [6, 6.07) is 10.8. The van der Waals surface area contributed by atoms with Crippen molar-refractivity contribution in [2.45, 2.75) is 25.0 Å². The summed E-state index contributed by atoms with van der Waals surface area (Å²) in [7, 11) is 3.34. The highest BCUT2D eigenvalue weighted by atomic mass is 19.1. The SMILES string of the molecule is COc1cccc(F)c1-n1nccc(C(=O)Nc2ccc3c(nc(C)n3C)c2N2C[C@@H]3C4[C@H]2CN43)c1=O. The minimum atomic E-state index is -0.753. The number of nitrogens with zero attached hydrogens (tertiary/aromatic N) is 6. The Kier molecular flexibility index (Phi) is 4.53. The molecule has 3 fully saturated rings. The van der Waals surface area contributed by atoms with Gasteiger partial charge in [0.25, 0.3) is 11.5 Å². The molecule has 37 heavy (non-hydrogen) atoms. The van der Waals surface area contributed by atoms with Crippen molar-refractivity contribution >= 4 is 28.3 Å². The van der Waals surface area contributed by atoms with E-state index in [4.69, 9.17) is 9.72 Å². The third-order valence-corrected chi connectivity index (χ3v) is 7.95. The average Bonchev–Trinajstić information content (AvgIpc) is 3.13. The lowest BCUT2D eigenvalue weighted by Gasteiger charge is -2.39. The second kappa shape index (κ2) is 7.62. The Labute approximate surface area is 210 Å². The molecule has 5 heterocycles. The molecule has 4 aromatic rings. The maximum atomic E-state index is 14.7. The lowest BCUT2D eigenvalue weighted by molar-refractivity contribution is 0.102. The average molecular weight is 502 g/mol. The molecule has 2 unspecified atom stereocenters. The number of para-hydroxylation sites is 1. The smallest absolute Gasteiger partial charge is 0.284 e.